The third-order valence-electron chi connectivity index (χ3n) is 3.88. The first kappa shape index (κ1) is 24.2. The molecule has 2 rings (SSSR count). The maximum absolute atomic E-state index is 12.5. The fourth-order valence-electron chi connectivity index (χ4n) is 2.62. The van der Waals surface area contributed by atoms with Crippen molar-refractivity contribution in [3.63, 3.8) is 0 Å². The highest BCUT2D eigenvalue weighted by Crippen LogP contribution is 2.37. The Morgan fingerprint density at radius 3 is 2.40 bits per heavy atom. The smallest absolute Gasteiger partial charge is 0.400 e. The zero-order valence-corrected chi connectivity index (χ0v) is 17.9. The molecule has 166 valence electrons. The Balaban J connectivity index is 2.50. The third kappa shape index (κ3) is 7.62. The first-order chi connectivity index (χ1) is 14.0. The van der Waals surface area contributed by atoms with E-state index in [1.807, 2.05) is 6.92 Å². The minimum Gasteiger partial charge on any atom is -0.454 e. The van der Waals surface area contributed by atoms with E-state index < -0.39 is 43.4 Å². The molecule has 0 saturated carbocycles. The van der Waals surface area contributed by atoms with Gasteiger partial charge < -0.3 is 10.1 Å². The molecule has 0 aliphatic rings. The average Bonchev–Trinajstić information content (AvgIpc) is 2.62. The van der Waals surface area contributed by atoms with E-state index >= 15 is 0 Å². The lowest BCUT2D eigenvalue weighted by atomic mass is 10.2. The number of para-hydroxylation sites is 1. The van der Waals surface area contributed by atoms with Gasteiger partial charge in [-0.25, -0.2) is 13.6 Å². The van der Waals surface area contributed by atoms with Gasteiger partial charge in [-0.3, -0.25) is 4.21 Å². The maximum atomic E-state index is 12.5. The molecule has 0 fully saturated rings. The Kier molecular flexibility index (Phi) is 8.27. The van der Waals surface area contributed by atoms with E-state index in [4.69, 9.17) is 9.88 Å². The van der Waals surface area contributed by atoms with Gasteiger partial charge in [0.25, 0.3) is 0 Å². The second kappa shape index (κ2) is 10.3. The lowest BCUT2D eigenvalue weighted by Gasteiger charge is -2.18. The number of primary sulfonamides is 1. The molecule has 0 amide bonds. The van der Waals surface area contributed by atoms with E-state index in [0.717, 1.165) is 18.9 Å². The first-order valence-electron chi connectivity index (χ1n) is 9.08. The van der Waals surface area contributed by atoms with Gasteiger partial charge in [0, 0.05) is 23.1 Å². The molecule has 0 aliphatic heterocycles. The molecule has 11 heteroatoms. The second-order valence-electron chi connectivity index (χ2n) is 6.55. The molecule has 0 aliphatic carbocycles. The largest absolute Gasteiger partial charge is 0.454 e. The summed E-state index contributed by atoms with van der Waals surface area (Å²) in [6.45, 7) is 2.44. The summed E-state index contributed by atoms with van der Waals surface area (Å²) in [7, 11) is -6.55. The van der Waals surface area contributed by atoms with Gasteiger partial charge in [0.15, 0.2) is 5.75 Å². The Morgan fingerprint density at radius 2 is 1.83 bits per heavy atom. The molecular weight excluding hydrogens is 441 g/mol. The number of benzene rings is 2. The summed E-state index contributed by atoms with van der Waals surface area (Å²) in [5.74, 6) is -1.67. The van der Waals surface area contributed by atoms with Crippen molar-refractivity contribution >= 4 is 26.5 Å². The van der Waals surface area contributed by atoms with Crippen LogP contribution >= 0.6 is 0 Å². The van der Waals surface area contributed by atoms with Crippen molar-refractivity contribution in [1.82, 2.24) is 0 Å². The highest BCUT2D eigenvalue weighted by atomic mass is 32.2. The van der Waals surface area contributed by atoms with Crippen molar-refractivity contribution in [1.29, 1.82) is 0 Å². The van der Waals surface area contributed by atoms with Crippen molar-refractivity contribution < 1.29 is 30.5 Å². The van der Waals surface area contributed by atoms with Crippen LogP contribution in [0.2, 0.25) is 0 Å². The van der Waals surface area contributed by atoms with Crippen molar-refractivity contribution in [3.8, 4) is 11.5 Å². The average molecular weight is 465 g/mol. The van der Waals surface area contributed by atoms with Crippen LogP contribution in [0.15, 0.2) is 47.4 Å². The van der Waals surface area contributed by atoms with Gasteiger partial charge in [-0.05, 0) is 36.2 Å². The molecule has 0 aromatic heterocycles. The van der Waals surface area contributed by atoms with Gasteiger partial charge in [0.2, 0.25) is 10.0 Å². The quantitative estimate of drug-likeness (QED) is 0.515. The fraction of sp³-hybridized carbons (Fsp3) is 0.368. The number of ether oxygens (including phenoxy) is 1. The summed E-state index contributed by atoms with van der Waals surface area (Å²) in [6.07, 6.45) is -2.97. The lowest BCUT2D eigenvalue weighted by molar-refractivity contribution is -0.105. The van der Waals surface area contributed by atoms with Crippen LogP contribution in [0, 0.1) is 0 Å². The van der Waals surface area contributed by atoms with E-state index in [1.54, 1.807) is 30.3 Å². The molecule has 0 heterocycles. The summed E-state index contributed by atoms with van der Waals surface area (Å²) in [4.78, 5) is -0.396. The monoisotopic (exact) mass is 464 g/mol. The Hall–Kier alpha value is -2.11. The van der Waals surface area contributed by atoms with Crippen molar-refractivity contribution in [2.24, 2.45) is 5.14 Å². The van der Waals surface area contributed by atoms with Crippen LogP contribution in [0.4, 0.5) is 18.9 Å². The van der Waals surface area contributed by atoms with Crippen molar-refractivity contribution in [3.05, 3.63) is 48.0 Å². The number of unbranched alkanes of at least 4 members (excludes halogenated alkanes) is 1. The fourth-order valence-corrected chi connectivity index (χ4v) is 4.35. The van der Waals surface area contributed by atoms with Crippen LogP contribution in [-0.4, -0.2) is 31.1 Å². The van der Waals surface area contributed by atoms with Crippen molar-refractivity contribution in [2.75, 3.05) is 17.6 Å². The molecule has 30 heavy (non-hydrogen) atoms. The predicted octanol–water partition coefficient (Wildman–Crippen LogP) is 4.15. The number of alkyl halides is 3. The van der Waals surface area contributed by atoms with Crippen LogP contribution in [0.5, 0.6) is 11.5 Å². The van der Waals surface area contributed by atoms with Crippen LogP contribution < -0.4 is 15.2 Å². The summed E-state index contributed by atoms with van der Waals surface area (Å²) < 4.78 is 79.7. The molecule has 6 nitrogen and oxygen atoms in total. The topological polar surface area (TPSA) is 98.5 Å². The number of nitrogens with one attached hydrogen (secondary N) is 1. The van der Waals surface area contributed by atoms with Crippen LogP contribution in [-0.2, 0) is 26.6 Å². The number of sulfonamides is 1. The molecule has 0 bridgehead atoms. The number of rotatable bonds is 10. The summed E-state index contributed by atoms with van der Waals surface area (Å²) in [6, 6.07) is 10.9. The van der Waals surface area contributed by atoms with E-state index in [1.165, 1.54) is 6.07 Å². The van der Waals surface area contributed by atoms with E-state index in [2.05, 4.69) is 5.32 Å². The van der Waals surface area contributed by atoms with E-state index in [9.17, 15) is 25.8 Å². The highest BCUT2D eigenvalue weighted by molar-refractivity contribution is 7.89. The standard InChI is InChI=1S/C19H23F3N2O4S2/c1-2-3-9-24-16-10-14(12-29(25)13-19(20,21)22)11-17(30(23,26)27)18(16)28-15-7-5-4-6-8-15/h4-8,10-11,24H,2-3,9,12-13H2,1H3,(H2,23,26,27). The molecule has 0 spiro atoms. The molecular formula is C19H23F3N2O4S2. The second-order valence-corrected chi connectivity index (χ2v) is 9.54. The number of hydrogen-bond acceptors (Lipinski definition) is 5. The predicted molar refractivity (Wildman–Crippen MR) is 110 cm³/mol. The van der Waals surface area contributed by atoms with Gasteiger partial charge in [-0.1, -0.05) is 31.5 Å². The van der Waals surface area contributed by atoms with Crippen LogP contribution in [0.3, 0.4) is 0 Å². The molecule has 2 aromatic rings. The summed E-state index contributed by atoms with van der Waals surface area (Å²) >= 11 is 0. The minimum atomic E-state index is -4.59. The van der Waals surface area contributed by atoms with E-state index in [-0.39, 0.29) is 17.0 Å². The minimum absolute atomic E-state index is 0.0647. The molecule has 0 saturated heterocycles. The molecule has 1 unspecified atom stereocenters. The number of anilines is 1. The van der Waals surface area contributed by atoms with Gasteiger partial charge in [0.1, 0.15) is 16.4 Å². The molecule has 3 N–H and O–H groups in total. The Morgan fingerprint density at radius 1 is 1.17 bits per heavy atom. The highest BCUT2D eigenvalue weighted by Gasteiger charge is 2.31. The Labute approximate surface area is 176 Å². The van der Waals surface area contributed by atoms with Crippen molar-refractivity contribution in [2.45, 2.75) is 36.6 Å². The first-order valence-corrected chi connectivity index (χ1v) is 12.1. The number of halogens is 3. The van der Waals surface area contributed by atoms with Gasteiger partial charge in [-0.2, -0.15) is 13.2 Å². The van der Waals surface area contributed by atoms with Crippen LogP contribution in [0.1, 0.15) is 25.3 Å². The zero-order valence-electron chi connectivity index (χ0n) is 16.2. The van der Waals surface area contributed by atoms with Gasteiger partial charge in [-0.15, -0.1) is 0 Å². The Bertz CT molecular complexity index is 981. The lowest BCUT2D eigenvalue weighted by Crippen LogP contribution is -2.20. The normalized spacial score (nSPS) is 13.1. The molecule has 1 atom stereocenters. The summed E-state index contributed by atoms with van der Waals surface area (Å²) in [5.41, 5.74) is 0.388. The van der Waals surface area contributed by atoms with Crippen LogP contribution in [0.25, 0.3) is 0 Å². The van der Waals surface area contributed by atoms with E-state index in [0.29, 0.717) is 12.3 Å². The third-order valence-corrected chi connectivity index (χ3v) is 6.10. The van der Waals surface area contributed by atoms with Gasteiger partial charge in [0.05, 0.1) is 5.69 Å². The zero-order chi connectivity index (χ0) is 22.4. The number of nitrogens with two attached hydrogens (primary N) is 1. The molecule has 2 aromatic carbocycles. The maximum Gasteiger partial charge on any atom is 0.400 e. The number of hydrogen-bond donors (Lipinski definition) is 2. The van der Waals surface area contributed by atoms with Gasteiger partial charge >= 0.3 is 6.18 Å². The SMILES string of the molecule is CCCCNc1cc(CS(=O)CC(F)(F)F)cc(S(N)(=O)=O)c1Oc1ccccc1. The molecule has 0 radical (unpaired) electrons. The summed E-state index contributed by atoms with van der Waals surface area (Å²) in [5, 5.41) is 8.39.